The molecule has 2 N–H and O–H groups in total. The van der Waals surface area contributed by atoms with Gasteiger partial charge in [0.05, 0.1) is 6.42 Å². The van der Waals surface area contributed by atoms with E-state index in [-0.39, 0.29) is 30.2 Å². The van der Waals surface area contributed by atoms with Crippen molar-refractivity contribution in [3.63, 3.8) is 0 Å². The SMILES string of the molecule is CC(C)N1C(=O)C[C@@H](NC(=O)c2ccc3c(c2)CCNCC3)C1=O. The van der Waals surface area contributed by atoms with Gasteiger partial charge in [-0.15, -0.1) is 0 Å². The standard InChI is InChI=1S/C18H23N3O3/c1-11(2)21-16(22)10-15(18(21)24)20-17(23)14-4-3-12-5-7-19-8-6-13(12)9-14/h3-4,9,11,15,19H,5-8,10H2,1-2H3,(H,20,23)/t15-/m1/s1. The highest BCUT2D eigenvalue weighted by atomic mass is 16.2. The van der Waals surface area contributed by atoms with Crippen molar-refractivity contribution in [2.24, 2.45) is 0 Å². The highest BCUT2D eigenvalue weighted by Gasteiger charge is 2.40. The van der Waals surface area contributed by atoms with Crippen LogP contribution in [0.25, 0.3) is 0 Å². The molecule has 1 aromatic rings. The molecule has 0 saturated carbocycles. The molecule has 0 bridgehead atoms. The molecule has 0 radical (unpaired) electrons. The molecule has 1 atom stereocenters. The van der Waals surface area contributed by atoms with Gasteiger partial charge in [-0.2, -0.15) is 0 Å². The zero-order valence-electron chi connectivity index (χ0n) is 14.1. The maximum absolute atomic E-state index is 12.5. The average Bonchev–Trinajstić information content (AvgIpc) is 2.72. The number of rotatable bonds is 3. The first-order chi connectivity index (χ1) is 11.5. The summed E-state index contributed by atoms with van der Waals surface area (Å²) in [6.45, 7) is 5.43. The molecule has 24 heavy (non-hydrogen) atoms. The molecule has 6 heteroatoms. The Hall–Kier alpha value is -2.21. The Kier molecular flexibility index (Phi) is 4.66. The third kappa shape index (κ3) is 3.19. The van der Waals surface area contributed by atoms with Crippen LogP contribution >= 0.6 is 0 Å². The molecular weight excluding hydrogens is 306 g/mol. The quantitative estimate of drug-likeness (QED) is 0.798. The fourth-order valence-corrected chi connectivity index (χ4v) is 3.36. The summed E-state index contributed by atoms with van der Waals surface area (Å²) in [6.07, 6.45) is 1.88. The monoisotopic (exact) mass is 329 g/mol. The lowest BCUT2D eigenvalue weighted by Crippen LogP contribution is -2.43. The van der Waals surface area contributed by atoms with E-state index in [1.165, 1.54) is 16.0 Å². The summed E-state index contributed by atoms with van der Waals surface area (Å²) in [4.78, 5) is 37.9. The van der Waals surface area contributed by atoms with Crippen molar-refractivity contribution in [3.8, 4) is 0 Å². The molecule has 0 spiro atoms. The minimum atomic E-state index is -0.757. The Morgan fingerprint density at radius 2 is 1.92 bits per heavy atom. The average molecular weight is 329 g/mol. The Bertz CT molecular complexity index is 684. The molecule has 2 aliphatic rings. The van der Waals surface area contributed by atoms with Crippen molar-refractivity contribution >= 4 is 17.7 Å². The van der Waals surface area contributed by atoms with E-state index >= 15 is 0 Å². The van der Waals surface area contributed by atoms with Crippen molar-refractivity contribution in [1.82, 2.24) is 15.5 Å². The highest BCUT2D eigenvalue weighted by molar-refractivity contribution is 6.08. The predicted octanol–water partition coefficient (Wildman–Crippen LogP) is 0.640. The zero-order valence-corrected chi connectivity index (χ0v) is 14.1. The van der Waals surface area contributed by atoms with E-state index in [2.05, 4.69) is 10.6 Å². The molecule has 3 amide bonds. The van der Waals surface area contributed by atoms with E-state index < -0.39 is 6.04 Å². The van der Waals surface area contributed by atoms with Crippen LogP contribution in [0.5, 0.6) is 0 Å². The van der Waals surface area contributed by atoms with Gasteiger partial charge in [-0.25, -0.2) is 0 Å². The largest absolute Gasteiger partial charge is 0.340 e. The normalized spacial score (nSPS) is 21.0. The molecular formula is C18H23N3O3. The second kappa shape index (κ2) is 6.73. The number of amides is 3. The number of nitrogens with one attached hydrogen (secondary N) is 2. The second-order valence-corrected chi connectivity index (χ2v) is 6.66. The van der Waals surface area contributed by atoms with Crippen LogP contribution in [0.15, 0.2) is 18.2 Å². The lowest BCUT2D eigenvalue weighted by atomic mass is 9.99. The van der Waals surface area contributed by atoms with Crippen LogP contribution in [0, 0.1) is 0 Å². The van der Waals surface area contributed by atoms with E-state index in [4.69, 9.17) is 0 Å². The predicted molar refractivity (Wildman–Crippen MR) is 89.6 cm³/mol. The summed E-state index contributed by atoms with van der Waals surface area (Å²) in [6, 6.07) is 4.74. The lowest BCUT2D eigenvalue weighted by molar-refractivity contribution is -0.140. The van der Waals surface area contributed by atoms with Gasteiger partial charge in [0.25, 0.3) is 11.8 Å². The van der Waals surface area contributed by atoms with Crippen molar-refractivity contribution in [1.29, 1.82) is 0 Å². The van der Waals surface area contributed by atoms with E-state index in [0.717, 1.165) is 25.9 Å². The Balaban J connectivity index is 1.73. The number of benzene rings is 1. The topological polar surface area (TPSA) is 78.5 Å². The van der Waals surface area contributed by atoms with E-state index in [1.807, 2.05) is 12.1 Å². The van der Waals surface area contributed by atoms with Gasteiger partial charge in [-0.05, 0) is 63.0 Å². The molecule has 3 rings (SSSR count). The van der Waals surface area contributed by atoms with E-state index in [1.54, 1.807) is 19.9 Å². The molecule has 1 saturated heterocycles. The van der Waals surface area contributed by atoms with Crippen LogP contribution in [-0.4, -0.2) is 47.8 Å². The summed E-state index contributed by atoms with van der Waals surface area (Å²) in [7, 11) is 0. The van der Waals surface area contributed by atoms with Gasteiger partial charge in [-0.3, -0.25) is 19.3 Å². The zero-order chi connectivity index (χ0) is 17.3. The summed E-state index contributed by atoms with van der Waals surface area (Å²) >= 11 is 0. The van der Waals surface area contributed by atoms with Gasteiger partial charge >= 0.3 is 0 Å². The summed E-state index contributed by atoms with van der Waals surface area (Å²) in [5.74, 6) is -0.845. The Morgan fingerprint density at radius 1 is 1.21 bits per heavy atom. The third-order valence-corrected chi connectivity index (χ3v) is 4.62. The lowest BCUT2D eigenvalue weighted by Gasteiger charge is -2.19. The second-order valence-electron chi connectivity index (χ2n) is 6.66. The van der Waals surface area contributed by atoms with Gasteiger partial charge in [0.2, 0.25) is 5.91 Å². The maximum Gasteiger partial charge on any atom is 0.252 e. The molecule has 0 aromatic heterocycles. The van der Waals surface area contributed by atoms with Crippen LogP contribution in [0.2, 0.25) is 0 Å². The van der Waals surface area contributed by atoms with E-state index in [0.29, 0.717) is 5.56 Å². The number of carbonyl (C=O) groups excluding carboxylic acids is 3. The minimum Gasteiger partial charge on any atom is -0.340 e. The number of carbonyl (C=O) groups is 3. The molecule has 1 aromatic carbocycles. The number of hydrogen-bond acceptors (Lipinski definition) is 4. The molecule has 6 nitrogen and oxygen atoms in total. The molecule has 0 aliphatic carbocycles. The van der Waals surface area contributed by atoms with Crippen molar-refractivity contribution < 1.29 is 14.4 Å². The van der Waals surface area contributed by atoms with Crippen LogP contribution in [0.3, 0.4) is 0 Å². The molecule has 1 fully saturated rings. The van der Waals surface area contributed by atoms with Gasteiger partial charge < -0.3 is 10.6 Å². The van der Waals surface area contributed by atoms with Crippen LogP contribution in [0.4, 0.5) is 0 Å². The Morgan fingerprint density at radius 3 is 2.58 bits per heavy atom. The molecule has 2 aliphatic heterocycles. The number of fused-ring (bicyclic) bond motifs is 1. The van der Waals surface area contributed by atoms with Crippen molar-refractivity contribution in [3.05, 3.63) is 34.9 Å². The summed E-state index contributed by atoms with van der Waals surface area (Å²) < 4.78 is 0. The smallest absolute Gasteiger partial charge is 0.252 e. The van der Waals surface area contributed by atoms with E-state index in [9.17, 15) is 14.4 Å². The van der Waals surface area contributed by atoms with Crippen molar-refractivity contribution in [2.45, 2.75) is 45.2 Å². The van der Waals surface area contributed by atoms with Crippen LogP contribution < -0.4 is 10.6 Å². The first-order valence-electron chi connectivity index (χ1n) is 8.46. The van der Waals surface area contributed by atoms with Gasteiger partial charge in [0.15, 0.2) is 0 Å². The highest BCUT2D eigenvalue weighted by Crippen LogP contribution is 2.18. The summed E-state index contributed by atoms with van der Waals surface area (Å²) in [5, 5.41) is 6.06. The maximum atomic E-state index is 12.5. The summed E-state index contributed by atoms with van der Waals surface area (Å²) in [5.41, 5.74) is 2.97. The molecule has 128 valence electrons. The van der Waals surface area contributed by atoms with Gasteiger partial charge in [0, 0.05) is 11.6 Å². The number of nitrogens with zero attached hydrogens (tertiary/aromatic N) is 1. The number of imide groups is 1. The van der Waals surface area contributed by atoms with Crippen molar-refractivity contribution in [2.75, 3.05) is 13.1 Å². The number of likely N-dealkylation sites (tertiary alicyclic amines) is 1. The first-order valence-corrected chi connectivity index (χ1v) is 8.46. The third-order valence-electron chi connectivity index (χ3n) is 4.62. The number of hydrogen-bond donors (Lipinski definition) is 2. The fraction of sp³-hybridized carbons (Fsp3) is 0.500. The fourth-order valence-electron chi connectivity index (χ4n) is 3.36. The first kappa shape index (κ1) is 16.6. The Labute approximate surface area is 141 Å². The van der Waals surface area contributed by atoms with Crippen LogP contribution in [0.1, 0.15) is 41.8 Å². The van der Waals surface area contributed by atoms with Gasteiger partial charge in [-0.1, -0.05) is 6.07 Å². The molecule has 2 heterocycles. The van der Waals surface area contributed by atoms with Gasteiger partial charge in [0.1, 0.15) is 6.04 Å². The van der Waals surface area contributed by atoms with Crippen LogP contribution in [-0.2, 0) is 22.4 Å². The minimum absolute atomic E-state index is 0.0393. The molecule has 0 unspecified atom stereocenters.